The van der Waals surface area contributed by atoms with E-state index in [9.17, 15) is 9.59 Å². The fourth-order valence-corrected chi connectivity index (χ4v) is 3.37. The van der Waals surface area contributed by atoms with E-state index in [-0.39, 0.29) is 18.3 Å². The Bertz CT molecular complexity index is 1100. The topological polar surface area (TPSA) is 80.4 Å². The summed E-state index contributed by atoms with van der Waals surface area (Å²) >= 11 is 0. The number of ether oxygens (including phenoxy) is 2. The van der Waals surface area contributed by atoms with Crippen LogP contribution >= 0.6 is 0 Å². The summed E-state index contributed by atoms with van der Waals surface area (Å²) in [5, 5.41) is 3.85. The highest BCUT2D eigenvalue weighted by Gasteiger charge is 2.16. The van der Waals surface area contributed by atoms with E-state index in [2.05, 4.69) is 10.3 Å². The average molecular weight is 364 g/mol. The van der Waals surface area contributed by atoms with Gasteiger partial charge in [0.05, 0.1) is 5.52 Å². The molecule has 1 aromatic heterocycles. The summed E-state index contributed by atoms with van der Waals surface area (Å²) in [6.07, 6.45) is 0.453. The van der Waals surface area contributed by atoms with E-state index in [4.69, 9.17) is 9.47 Å². The van der Waals surface area contributed by atoms with Crippen LogP contribution in [0.1, 0.15) is 27.0 Å². The predicted octanol–water partition coefficient (Wildman–Crippen LogP) is 2.85. The molecule has 0 bridgehead atoms. The zero-order chi connectivity index (χ0) is 19.0. The van der Waals surface area contributed by atoms with Crippen molar-refractivity contribution in [3.63, 3.8) is 0 Å². The van der Waals surface area contributed by atoms with Crippen LogP contribution in [-0.2, 0) is 6.42 Å². The molecule has 138 valence electrons. The minimum atomic E-state index is -0.211. The van der Waals surface area contributed by atoms with E-state index in [0.29, 0.717) is 35.6 Å². The molecule has 0 saturated carbocycles. The molecule has 6 heteroatoms. The predicted molar refractivity (Wildman–Crippen MR) is 103 cm³/mol. The number of nitrogens with one attached hydrogen (secondary N) is 2. The Labute approximate surface area is 156 Å². The van der Waals surface area contributed by atoms with E-state index in [1.807, 2.05) is 32.0 Å². The second-order valence-electron chi connectivity index (χ2n) is 6.74. The summed E-state index contributed by atoms with van der Waals surface area (Å²) in [5.74, 6) is 0.997. The number of aromatic nitrogens is 1. The van der Waals surface area contributed by atoms with E-state index >= 15 is 0 Å². The van der Waals surface area contributed by atoms with Gasteiger partial charge in [0, 0.05) is 17.7 Å². The number of fused-ring (bicyclic) bond motifs is 2. The zero-order valence-electron chi connectivity index (χ0n) is 15.2. The minimum Gasteiger partial charge on any atom is -0.454 e. The highest BCUT2D eigenvalue weighted by atomic mass is 16.7. The van der Waals surface area contributed by atoms with Gasteiger partial charge >= 0.3 is 0 Å². The number of aromatic amines is 1. The van der Waals surface area contributed by atoms with Crippen molar-refractivity contribution in [3.05, 3.63) is 69.0 Å². The van der Waals surface area contributed by atoms with Crippen molar-refractivity contribution in [3.8, 4) is 11.5 Å². The molecule has 2 heterocycles. The second kappa shape index (κ2) is 6.79. The van der Waals surface area contributed by atoms with Crippen LogP contribution < -0.4 is 20.3 Å². The molecule has 1 amide bonds. The summed E-state index contributed by atoms with van der Waals surface area (Å²) < 4.78 is 10.5. The molecular formula is C21H20N2O4. The molecule has 0 fully saturated rings. The Morgan fingerprint density at radius 3 is 2.78 bits per heavy atom. The quantitative estimate of drug-likeness (QED) is 0.746. The standard InChI is InChI=1S/C21H20N2O4/c1-12-7-13(2)19-16(8-12)9-15(21(25)23-19)5-6-22-20(24)14-3-4-17-18(10-14)27-11-26-17/h3-4,7-10H,5-6,11H2,1-2H3,(H,22,24)(H,23,25). The van der Waals surface area contributed by atoms with E-state index < -0.39 is 0 Å². The first kappa shape index (κ1) is 17.1. The molecule has 0 radical (unpaired) electrons. The lowest BCUT2D eigenvalue weighted by Crippen LogP contribution is -2.27. The fraction of sp³-hybridized carbons (Fsp3) is 0.238. The maximum absolute atomic E-state index is 12.3. The normalized spacial score (nSPS) is 12.4. The molecule has 4 rings (SSSR count). The second-order valence-corrected chi connectivity index (χ2v) is 6.74. The van der Waals surface area contributed by atoms with Gasteiger partial charge in [-0.3, -0.25) is 9.59 Å². The molecule has 1 aliphatic heterocycles. The third-order valence-corrected chi connectivity index (χ3v) is 4.68. The van der Waals surface area contributed by atoms with Gasteiger partial charge in [-0.15, -0.1) is 0 Å². The Balaban J connectivity index is 1.46. The number of amides is 1. The fourth-order valence-electron chi connectivity index (χ4n) is 3.37. The number of benzene rings is 2. The van der Waals surface area contributed by atoms with Crippen LogP contribution in [0.3, 0.4) is 0 Å². The first-order valence-corrected chi connectivity index (χ1v) is 8.82. The molecule has 0 aliphatic carbocycles. The maximum atomic E-state index is 12.3. The van der Waals surface area contributed by atoms with Crippen LogP contribution in [0, 0.1) is 13.8 Å². The Kier molecular flexibility index (Phi) is 4.32. The molecule has 3 aromatic rings. The lowest BCUT2D eigenvalue weighted by molar-refractivity contribution is 0.0953. The summed E-state index contributed by atoms with van der Waals surface area (Å²) in [5.41, 5.74) is 4.08. The first-order chi connectivity index (χ1) is 13.0. The van der Waals surface area contributed by atoms with Gasteiger partial charge in [-0.25, -0.2) is 0 Å². The number of hydrogen-bond acceptors (Lipinski definition) is 4. The lowest BCUT2D eigenvalue weighted by atomic mass is 10.0. The summed E-state index contributed by atoms with van der Waals surface area (Å²) in [6.45, 7) is 4.55. The van der Waals surface area contributed by atoms with Crippen molar-refractivity contribution in [1.82, 2.24) is 10.3 Å². The van der Waals surface area contributed by atoms with E-state index in [0.717, 1.165) is 22.0 Å². The van der Waals surface area contributed by atoms with Gasteiger partial charge < -0.3 is 19.8 Å². The number of pyridine rings is 1. The van der Waals surface area contributed by atoms with E-state index in [1.165, 1.54) is 0 Å². The van der Waals surface area contributed by atoms with Crippen LogP contribution in [0.15, 0.2) is 41.2 Å². The zero-order valence-corrected chi connectivity index (χ0v) is 15.2. The van der Waals surface area contributed by atoms with Crippen LogP contribution in [0.2, 0.25) is 0 Å². The average Bonchev–Trinajstić information content (AvgIpc) is 3.10. The molecule has 2 N–H and O–H groups in total. The molecule has 2 aromatic carbocycles. The van der Waals surface area contributed by atoms with Gasteiger partial charge in [-0.2, -0.15) is 0 Å². The molecular weight excluding hydrogens is 344 g/mol. The van der Waals surface area contributed by atoms with Gasteiger partial charge in [0.15, 0.2) is 11.5 Å². The van der Waals surface area contributed by atoms with Crippen molar-refractivity contribution < 1.29 is 14.3 Å². The Hall–Kier alpha value is -3.28. The number of H-pyrrole nitrogens is 1. The first-order valence-electron chi connectivity index (χ1n) is 8.82. The summed E-state index contributed by atoms with van der Waals surface area (Å²) in [7, 11) is 0. The molecule has 0 saturated heterocycles. The van der Waals surface area contributed by atoms with Crippen molar-refractivity contribution in [2.45, 2.75) is 20.3 Å². The van der Waals surface area contributed by atoms with Crippen LogP contribution in [-0.4, -0.2) is 24.2 Å². The van der Waals surface area contributed by atoms with Gasteiger partial charge in [-0.05, 0) is 61.5 Å². The smallest absolute Gasteiger partial charge is 0.251 e. The molecule has 0 atom stereocenters. The van der Waals surface area contributed by atoms with Crippen molar-refractivity contribution in [2.75, 3.05) is 13.3 Å². The van der Waals surface area contributed by atoms with Crippen LogP contribution in [0.5, 0.6) is 11.5 Å². The van der Waals surface area contributed by atoms with Crippen molar-refractivity contribution >= 4 is 16.8 Å². The van der Waals surface area contributed by atoms with Crippen molar-refractivity contribution in [2.24, 2.45) is 0 Å². The number of carbonyl (C=O) groups is 1. The summed E-state index contributed by atoms with van der Waals surface area (Å²) in [6, 6.07) is 11.1. The molecule has 1 aliphatic rings. The SMILES string of the molecule is Cc1cc(C)c2[nH]c(=O)c(CCNC(=O)c3ccc4c(c3)OCO4)cc2c1. The lowest BCUT2D eigenvalue weighted by Gasteiger charge is -2.08. The third-order valence-electron chi connectivity index (χ3n) is 4.68. The van der Waals surface area contributed by atoms with Crippen LogP contribution in [0.4, 0.5) is 0 Å². The number of carbonyl (C=O) groups excluding carboxylic acids is 1. The van der Waals surface area contributed by atoms with Gasteiger partial charge in [0.25, 0.3) is 11.5 Å². The number of hydrogen-bond donors (Lipinski definition) is 2. The van der Waals surface area contributed by atoms with Gasteiger partial charge in [-0.1, -0.05) is 11.6 Å². The third kappa shape index (κ3) is 3.38. The monoisotopic (exact) mass is 364 g/mol. The van der Waals surface area contributed by atoms with Gasteiger partial charge in [0.1, 0.15) is 0 Å². The van der Waals surface area contributed by atoms with Gasteiger partial charge in [0.2, 0.25) is 6.79 Å². The maximum Gasteiger partial charge on any atom is 0.251 e. The van der Waals surface area contributed by atoms with Crippen LogP contribution in [0.25, 0.3) is 10.9 Å². The largest absolute Gasteiger partial charge is 0.454 e. The number of rotatable bonds is 4. The highest BCUT2D eigenvalue weighted by Crippen LogP contribution is 2.32. The minimum absolute atomic E-state index is 0.119. The molecule has 6 nitrogen and oxygen atoms in total. The van der Waals surface area contributed by atoms with Crippen molar-refractivity contribution in [1.29, 1.82) is 0 Å². The summed E-state index contributed by atoms with van der Waals surface area (Å²) in [4.78, 5) is 27.6. The van der Waals surface area contributed by atoms with E-state index in [1.54, 1.807) is 18.2 Å². The molecule has 0 unspecified atom stereocenters. The Morgan fingerprint density at radius 1 is 1.11 bits per heavy atom. The molecule has 27 heavy (non-hydrogen) atoms. The highest BCUT2D eigenvalue weighted by molar-refractivity contribution is 5.95. The molecule has 0 spiro atoms. The Morgan fingerprint density at radius 2 is 1.93 bits per heavy atom. The number of aryl methyl sites for hydroxylation is 2.